The van der Waals surface area contributed by atoms with Gasteiger partial charge in [-0.2, -0.15) is 0 Å². The number of ether oxygens (including phenoxy) is 1. The van der Waals surface area contributed by atoms with Crippen molar-refractivity contribution in [1.82, 2.24) is 0 Å². The Kier molecular flexibility index (Phi) is 4.16. The Morgan fingerprint density at radius 3 is 2.69 bits per heavy atom. The largest absolute Gasteiger partial charge is 0.489 e. The minimum atomic E-state index is -0.0287. The molecule has 1 aromatic rings. The SMILES string of the molecule is CCCCCOc1ccccc1[O]. The van der Waals surface area contributed by atoms with Crippen LogP contribution < -0.4 is 4.74 Å². The van der Waals surface area contributed by atoms with E-state index in [0.29, 0.717) is 12.4 Å². The van der Waals surface area contributed by atoms with Crippen LogP contribution in [-0.2, 0) is 5.11 Å². The number of hydrogen-bond donors (Lipinski definition) is 0. The molecule has 2 heteroatoms. The Hall–Kier alpha value is -1.18. The second-order valence-electron chi connectivity index (χ2n) is 3.00. The second kappa shape index (κ2) is 5.46. The molecule has 0 heterocycles. The van der Waals surface area contributed by atoms with Crippen LogP contribution in [0.2, 0.25) is 0 Å². The summed E-state index contributed by atoms with van der Waals surface area (Å²) in [7, 11) is 0. The Bertz CT molecular complexity index is 246. The van der Waals surface area contributed by atoms with Gasteiger partial charge in [-0.05, 0) is 18.6 Å². The molecule has 0 aromatic heterocycles. The van der Waals surface area contributed by atoms with Gasteiger partial charge in [0.1, 0.15) is 0 Å². The number of benzene rings is 1. The van der Waals surface area contributed by atoms with Gasteiger partial charge >= 0.3 is 0 Å². The second-order valence-corrected chi connectivity index (χ2v) is 3.00. The smallest absolute Gasteiger partial charge is 0.220 e. The highest BCUT2D eigenvalue weighted by atomic mass is 16.5. The number of rotatable bonds is 5. The summed E-state index contributed by atoms with van der Waals surface area (Å²) in [6.07, 6.45) is 3.34. The first-order valence-electron chi connectivity index (χ1n) is 4.73. The van der Waals surface area contributed by atoms with Crippen molar-refractivity contribution in [2.45, 2.75) is 26.2 Å². The fourth-order valence-electron chi connectivity index (χ4n) is 1.10. The zero-order valence-electron chi connectivity index (χ0n) is 7.95. The van der Waals surface area contributed by atoms with Crippen LogP contribution in [0.3, 0.4) is 0 Å². The van der Waals surface area contributed by atoms with Crippen LogP contribution in [0.1, 0.15) is 26.2 Å². The summed E-state index contributed by atoms with van der Waals surface area (Å²) < 4.78 is 5.33. The average molecular weight is 179 g/mol. The molecule has 0 N–H and O–H groups in total. The fraction of sp³-hybridized carbons (Fsp3) is 0.455. The average Bonchev–Trinajstić information content (AvgIpc) is 2.15. The highest BCUT2D eigenvalue weighted by Gasteiger charge is 2.00. The standard InChI is InChI=1S/C11H15O2/c1-2-3-6-9-13-11-8-5-4-7-10(11)12/h4-5,7-8H,2-3,6,9H2,1H3. The zero-order valence-corrected chi connectivity index (χ0v) is 7.95. The van der Waals surface area contributed by atoms with Crippen molar-refractivity contribution in [3.05, 3.63) is 24.3 Å². The maximum Gasteiger partial charge on any atom is 0.220 e. The lowest BCUT2D eigenvalue weighted by atomic mass is 10.3. The molecule has 0 fully saturated rings. The van der Waals surface area contributed by atoms with E-state index in [-0.39, 0.29) is 5.75 Å². The van der Waals surface area contributed by atoms with E-state index in [4.69, 9.17) is 4.74 Å². The molecule has 1 aromatic carbocycles. The van der Waals surface area contributed by atoms with Crippen LogP contribution in [0.4, 0.5) is 0 Å². The zero-order chi connectivity index (χ0) is 9.52. The summed E-state index contributed by atoms with van der Waals surface area (Å²) in [5.41, 5.74) is 0. The van der Waals surface area contributed by atoms with Crippen molar-refractivity contribution in [2.75, 3.05) is 6.61 Å². The van der Waals surface area contributed by atoms with Gasteiger partial charge in [0, 0.05) is 0 Å². The topological polar surface area (TPSA) is 29.1 Å². The highest BCUT2D eigenvalue weighted by molar-refractivity contribution is 5.37. The van der Waals surface area contributed by atoms with Gasteiger partial charge < -0.3 is 4.74 Å². The molecule has 1 rings (SSSR count). The number of unbranched alkanes of at least 4 members (excludes halogenated alkanes) is 2. The van der Waals surface area contributed by atoms with E-state index >= 15 is 0 Å². The summed E-state index contributed by atoms with van der Waals surface area (Å²) in [6, 6.07) is 6.78. The Balaban J connectivity index is 2.32. The molecular formula is C11H15O2. The van der Waals surface area contributed by atoms with Gasteiger partial charge in [-0.25, -0.2) is 0 Å². The normalized spacial score (nSPS) is 9.92. The molecule has 0 aliphatic rings. The lowest BCUT2D eigenvalue weighted by Gasteiger charge is -2.05. The van der Waals surface area contributed by atoms with Crippen molar-refractivity contribution in [2.24, 2.45) is 0 Å². The minimum Gasteiger partial charge on any atom is -0.489 e. The number of hydrogen-bond acceptors (Lipinski definition) is 1. The van der Waals surface area contributed by atoms with Gasteiger partial charge in [-0.15, -0.1) is 0 Å². The molecule has 13 heavy (non-hydrogen) atoms. The lowest BCUT2D eigenvalue weighted by molar-refractivity contribution is 0.270. The predicted octanol–water partition coefficient (Wildman–Crippen LogP) is 3.40. The summed E-state index contributed by atoms with van der Waals surface area (Å²) in [6.45, 7) is 2.79. The van der Waals surface area contributed by atoms with Crippen molar-refractivity contribution >= 4 is 0 Å². The summed E-state index contributed by atoms with van der Waals surface area (Å²) >= 11 is 0. The molecule has 0 aliphatic heterocycles. The Morgan fingerprint density at radius 1 is 1.23 bits per heavy atom. The summed E-state index contributed by atoms with van der Waals surface area (Å²) in [5.74, 6) is 0.442. The van der Waals surface area contributed by atoms with E-state index in [1.807, 2.05) is 6.07 Å². The predicted molar refractivity (Wildman–Crippen MR) is 51.6 cm³/mol. The van der Waals surface area contributed by atoms with Crippen LogP contribution in [0, 0.1) is 0 Å². The van der Waals surface area contributed by atoms with Gasteiger partial charge in [0.05, 0.1) is 6.61 Å². The van der Waals surface area contributed by atoms with Crippen LogP contribution in [-0.4, -0.2) is 6.61 Å². The maximum atomic E-state index is 11.2. The first kappa shape index (κ1) is 9.90. The van der Waals surface area contributed by atoms with E-state index < -0.39 is 0 Å². The molecule has 0 saturated carbocycles. The van der Waals surface area contributed by atoms with Gasteiger partial charge in [0.25, 0.3) is 0 Å². The molecule has 0 unspecified atom stereocenters. The third kappa shape index (κ3) is 3.36. The van der Waals surface area contributed by atoms with E-state index in [9.17, 15) is 5.11 Å². The van der Waals surface area contributed by atoms with Crippen molar-refractivity contribution in [3.8, 4) is 11.5 Å². The monoisotopic (exact) mass is 179 g/mol. The molecule has 2 nitrogen and oxygen atoms in total. The van der Waals surface area contributed by atoms with Gasteiger partial charge in [0.15, 0.2) is 5.75 Å². The van der Waals surface area contributed by atoms with Gasteiger partial charge in [-0.1, -0.05) is 31.9 Å². The third-order valence-corrected chi connectivity index (χ3v) is 1.85. The quantitative estimate of drug-likeness (QED) is 0.637. The molecular weight excluding hydrogens is 164 g/mol. The molecule has 0 amide bonds. The van der Waals surface area contributed by atoms with E-state index in [1.165, 1.54) is 12.5 Å². The summed E-state index contributed by atoms with van der Waals surface area (Å²) in [4.78, 5) is 0. The first-order chi connectivity index (χ1) is 6.34. The minimum absolute atomic E-state index is 0.0287. The molecule has 0 spiro atoms. The maximum absolute atomic E-state index is 11.2. The van der Waals surface area contributed by atoms with Crippen LogP contribution in [0.25, 0.3) is 0 Å². The summed E-state index contributed by atoms with van der Waals surface area (Å²) in [5, 5.41) is 11.2. The highest BCUT2D eigenvalue weighted by Crippen LogP contribution is 2.25. The Morgan fingerprint density at radius 2 is 2.00 bits per heavy atom. The molecule has 71 valence electrons. The molecule has 0 aliphatic carbocycles. The van der Waals surface area contributed by atoms with Crippen LogP contribution >= 0.6 is 0 Å². The van der Waals surface area contributed by atoms with Crippen LogP contribution in [0.15, 0.2) is 24.3 Å². The third-order valence-electron chi connectivity index (χ3n) is 1.85. The first-order valence-corrected chi connectivity index (χ1v) is 4.73. The van der Waals surface area contributed by atoms with Gasteiger partial charge in [-0.3, -0.25) is 5.11 Å². The molecule has 0 saturated heterocycles. The van der Waals surface area contributed by atoms with Crippen LogP contribution in [0.5, 0.6) is 11.5 Å². The lowest BCUT2D eigenvalue weighted by Crippen LogP contribution is -1.96. The van der Waals surface area contributed by atoms with Crippen molar-refractivity contribution in [1.29, 1.82) is 0 Å². The van der Waals surface area contributed by atoms with E-state index in [0.717, 1.165) is 12.8 Å². The molecule has 0 atom stereocenters. The number of para-hydroxylation sites is 2. The van der Waals surface area contributed by atoms with E-state index in [2.05, 4.69) is 6.92 Å². The fourth-order valence-corrected chi connectivity index (χ4v) is 1.10. The Labute approximate surface area is 79.2 Å². The van der Waals surface area contributed by atoms with Crippen molar-refractivity contribution in [3.63, 3.8) is 0 Å². The van der Waals surface area contributed by atoms with E-state index in [1.54, 1.807) is 12.1 Å². The molecule has 0 bridgehead atoms. The van der Waals surface area contributed by atoms with Gasteiger partial charge in [0.2, 0.25) is 5.75 Å². The van der Waals surface area contributed by atoms with Crippen molar-refractivity contribution < 1.29 is 9.84 Å². The molecule has 1 radical (unpaired) electrons.